The highest BCUT2D eigenvalue weighted by Gasteiger charge is 2.29. The number of hydrogen-bond donors (Lipinski definition) is 2. The molecule has 0 aliphatic carbocycles. The molecule has 0 aliphatic rings. The zero-order valence-corrected chi connectivity index (χ0v) is 16.8. The average Bonchev–Trinajstić information content (AvgIpc) is 3.08. The van der Waals surface area contributed by atoms with Gasteiger partial charge in [0.1, 0.15) is 34.0 Å². The Hall–Kier alpha value is -3.56. The fourth-order valence-electron chi connectivity index (χ4n) is 2.78. The molecule has 0 aromatic carbocycles. The molecule has 0 saturated carbocycles. The van der Waals surface area contributed by atoms with Crippen molar-refractivity contribution < 1.29 is 37.5 Å². The van der Waals surface area contributed by atoms with Crippen molar-refractivity contribution in [3.63, 3.8) is 0 Å². The predicted octanol–water partition coefficient (Wildman–Crippen LogP) is 2.18. The molecular formula is C19H22N2O8. The Labute approximate surface area is 166 Å². The van der Waals surface area contributed by atoms with E-state index in [1.54, 1.807) is 27.7 Å². The number of ether oxygens (including phenoxy) is 2. The number of aryl methyl sites for hydroxylation is 3. The molecule has 2 aromatic heterocycles. The Morgan fingerprint density at radius 2 is 1.45 bits per heavy atom. The number of hydrogen-bond acceptors (Lipinski definition) is 8. The molecule has 0 fully saturated rings. The minimum absolute atomic E-state index is 0.0460. The molecule has 0 atom stereocenters. The van der Waals surface area contributed by atoms with Crippen molar-refractivity contribution in [2.75, 3.05) is 18.5 Å². The van der Waals surface area contributed by atoms with Gasteiger partial charge in [0.15, 0.2) is 6.61 Å². The Bertz CT molecular complexity index is 983. The summed E-state index contributed by atoms with van der Waals surface area (Å²) in [5.74, 6) is -2.65. The van der Waals surface area contributed by atoms with Gasteiger partial charge >= 0.3 is 11.9 Å². The lowest BCUT2D eigenvalue weighted by Crippen LogP contribution is -2.24. The van der Waals surface area contributed by atoms with E-state index >= 15 is 0 Å². The summed E-state index contributed by atoms with van der Waals surface area (Å²) in [6.07, 6.45) is 0. The Morgan fingerprint density at radius 3 is 1.97 bits per heavy atom. The monoisotopic (exact) mass is 406 g/mol. The Morgan fingerprint density at radius 1 is 0.862 bits per heavy atom. The maximum Gasteiger partial charge on any atom is 0.342 e. The van der Waals surface area contributed by atoms with E-state index in [2.05, 4.69) is 5.32 Å². The van der Waals surface area contributed by atoms with Crippen LogP contribution in [0.15, 0.2) is 8.83 Å². The van der Waals surface area contributed by atoms with Crippen molar-refractivity contribution in [2.45, 2.75) is 34.6 Å². The number of amides is 2. The molecule has 3 N–H and O–H groups in total. The molecule has 156 valence electrons. The van der Waals surface area contributed by atoms with E-state index in [-0.39, 0.29) is 34.9 Å². The van der Waals surface area contributed by atoms with Crippen molar-refractivity contribution in [2.24, 2.45) is 5.73 Å². The summed E-state index contributed by atoms with van der Waals surface area (Å²) in [6, 6.07) is 0. The van der Waals surface area contributed by atoms with Crippen LogP contribution in [0.5, 0.6) is 0 Å². The molecule has 2 aromatic rings. The molecule has 0 unspecified atom stereocenters. The highest BCUT2D eigenvalue weighted by molar-refractivity contribution is 6.10. The van der Waals surface area contributed by atoms with Gasteiger partial charge in [0, 0.05) is 5.56 Å². The molecular weight excluding hydrogens is 384 g/mol. The van der Waals surface area contributed by atoms with E-state index in [0.29, 0.717) is 17.1 Å². The van der Waals surface area contributed by atoms with Crippen LogP contribution >= 0.6 is 0 Å². The summed E-state index contributed by atoms with van der Waals surface area (Å²) < 4.78 is 20.5. The molecule has 0 spiro atoms. The number of nitrogens with one attached hydrogen (secondary N) is 1. The molecule has 10 heteroatoms. The first kappa shape index (κ1) is 21.7. The highest BCUT2D eigenvalue weighted by atomic mass is 16.5. The maximum absolute atomic E-state index is 12.2. The van der Waals surface area contributed by atoms with Crippen LogP contribution < -0.4 is 11.1 Å². The van der Waals surface area contributed by atoms with Gasteiger partial charge in [0.05, 0.1) is 6.61 Å². The van der Waals surface area contributed by atoms with E-state index in [1.807, 2.05) is 0 Å². The zero-order valence-electron chi connectivity index (χ0n) is 16.8. The van der Waals surface area contributed by atoms with Gasteiger partial charge in [-0.25, -0.2) is 9.59 Å². The minimum Gasteiger partial charge on any atom is -0.465 e. The van der Waals surface area contributed by atoms with E-state index in [0.717, 1.165) is 0 Å². The molecule has 0 bridgehead atoms. The van der Waals surface area contributed by atoms with Crippen LogP contribution in [0.25, 0.3) is 0 Å². The fourth-order valence-corrected chi connectivity index (χ4v) is 2.78. The number of carbonyl (C=O) groups is 4. The van der Waals surface area contributed by atoms with Crippen molar-refractivity contribution in [1.82, 2.24) is 0 Å². The van der Waals surface area contributed by atoms with E-state index in [1.165, 1.54) is 6.92 Å². The lowest BCUT2D eigenvalue weighted by molar-refractivity contribution is -0.119. The first-order chi connectivity index (χ1) is 13.6. The van der Waals surface area contributed by atoms with Gasteiger partial charge in [-0.2, -0.15) is 0 Å². The minimum atomic E-state index is -0.989. The smallest absolute Gasteiger partial charge is 0.342 e. The van der Waals surface area contributed by atoms with Crippen LogP contribution in [0.3, 0.4) is 0 Å². The number of primary amides is 1. The third-order valence-corrected chi connectivity index (χ3v) is 4.16. The zero-order chi connectivity index (χ0) is 21.9. The molecule has 10 nitrogen and oxygen atoms in total. The van der Waals surface area contributed by atoms with Gasteiger partial charge < -0.3 is 24.0 Å². The Kier molecular flexibility index (Phi) is 6.47. The lowest BCUT2D eigenvalue weighted by atomic mass is 10.1. The maximum atomic E-state index is 12.2. The standard InChI is InChI=1S/C19H22N2O8/c1-6-26-19(25)14-11(5)29-17(15(14)16(20)23)21-12(22)7-27-18(24)13-8(2)9(3)28-10(13)4/h6-7H2,1-5H3,(H2,20,23)(H,21,22). The number of esters is 2. The van der Waals surface area contributed by atoms with Crippen molar-refractivity contribution in [1.29, 1.82) is 0 Å². The summed E-state index contributed by atoms with van der Waals surface area (Å²) in [5, 5.41) is 2.28. The van der Waals surface area contributed by atoms with Gasteiger partial charge in [-0.1, -0.05) is 0 Å². The molecule has 0 aliphatic heterocycles. The van der Waals surface area contributed by atoms with E-state index in [4.69, 9.17) is 24.0 Å². The molecule has 2 amide bonds. The topological polar surface area (TPSA) is 151 Å². The van der Waals surface area contributed by atoms with Crippen LogP contribution in [-0.2, 0) is 14.3 Å². The number of rotatable bonds is 7. The number of anilines is 1. The summed E-state index contributed by atoms with van der Waals surface area (Å²) >= 11 is 0. The van der Waals surface area contributed by atoms with Crippen LogP contribution in [0, 0.1) is 27.7 Å². The summed E-state index contributed by atoms with van der Waals surface area (Å²) in [6.45, 7) is 7.45. The summed E-state index contributed by atoms with van der Waals surface area (Å²) in [7, 11) is 0. The molecule has 29 heavy (non-hydrogen) atoms. The highest BCUT2D eigenvalue weighted by Crippen LogP contribution is 2.27. The molecule has 0 saturated heterocycles. The largest absolute Gasteiger partial charge is 0.465 e. The molecule has 2 rings (SSSR count). The lowest BCUT2D eigenvalue weighted by Gasteiger charge is -2.06. The van der Waals surface area contributed by atoms with Gasteiger partial charge in [-0.05, 0) is 34.6 Å². The van der Waals surface area contributed by atoms with Gasteiger partial charge in [0.2, 0.25) is 5.88 Å². The second kappa shape index (κ2) is 8.63. The van der Waals surface area contributed by atoms with Crippen LogP contribution in [0.1, 0.15) is 60.8 Å². The fraction of sp³-hybridized carbons (Fsp3) is 0.368. The second-order valence-corrected chi connectivity index (χ2v) is 6.16. The summed E-state index contributed by atoms with van der Waals surface area (Å²) in [4.78, 5) is 48.2. The van der Waals surface area contributed by atoms with E-state index < -0.39 is 30.4 Å². The molecule has 2 heterocycles. The number of nitrogens with two attached hydrogens (primary N) is 1. The first-order valence-corrected chi connectivity index (χ1v) is 8.72. The van der Waals surface area contributed by atoms with Crippen LogP contribution in [-0.4, -0.2) is 37.0 Å². The normalized spacial score (nSPS) is 10.5. The summed E-state index contributed by atoms with van der Waals surface area (Å²) in [5.41, 5.74) is 5.68. The Balaban J connectivity index is 2.15. The van der Waals surface area contributed by atoms with Crippen molar-refractivity contribution in [3.05, 3.63) is 39.5 Å². The predicted molar refractivity (Wildman–Crippen MR) is 99.8 cm³/mol. The van der Waals surface area contributed by atoms with Gasteiger partial charge in [-0.15, -0.1) is 0 Å². The number of furan rings is 2. The van der Waals surface area contributed by atoms with Crippen LogP contribution in [0.4, 0.5) is 5.88 Å². The number of carbonyl (C=O) groups excluding carboxylic acids is 4. The van der Waals surface area contributed by atoms with Gasteiger partial charge in [-0.3, -0.25) is 14.9 Å². The van der Waals surface area contributed by atoms with Gasteiger partial charge in [0.25, 0.3) is 11.8 Å². The average molecular weight is 406 g/mol. The van der Waals surface area contributed by atoms with E-state index in [9.17, 15) is 19.2 Å². The van der Waals surface area contributed by atoms with Crippen molar-refractivity contribution in [3.8, 4) is 0 Å². The van der Waals surface area contributed by atoms with Crippen molar-refractivity contribution >= 4 is 29.6 Å². The quantitative estimate of drug-likeness (QED) is 0.664. The molecule has 0 radical (unpaired) electrons. The third kappa shape index (κ3) is 4.48. The SMILES string of the molecule is CCOC(=O)c1c(C)oc(NC(=O)COC(=O)c2c(C)oc(C)c2C)c1C(N)=O. The first-order valence-electron chi connectivity index (χ1n) is 8.72. The third-order valence-electron chi connectivity index (χ3n) is 4.16. The second-order valence-electron chi connectivity index (χ2n) is 6.16. The van der Waals surface area contributed by atoms with Crippen LogP contribution in [0.2, 0.25) is 0 Å².